The van der Waals surface area contributed by atoms with Crippen LogP contribution in [0, 0.1) is 0 Å². The molecule has 9 heteroatoms. The Morgan fingerprint density at radius 2 is 2.00 bits per heavy atom. The van der Waals surface area contributed by atoms with Gasteiger partial charge in [-0.3, -0.25) is 9.52 Å². The molecule has 1 aliphatic heterocycles. The number of sulfonamides is 1. The Morgan fingerprint density at radius 3 is 2.61 bits per heavy atom. The second-order valence-corrected chi connectivity index (χ2v) is 10.2. The molecule has 1 N–H and O–H groups in total. The van der Waals surface area contributed by atoms with E-state index in [-0.39, 0.29) is 17.3 Å². The normalized spacial score (nSPS) is 18.1. The van der Waals surface area contributed by atoms with Crippen LogP contribution in [0.1, 0.15) is 30.6 Å². The fraction of sp³-hybridized carbons (Fsp3) is 0.474. The first-order valence-electron chi connectivity index (χ1n) is 9.44. The summed E-state index contributed by atoms with van der Waals surface area (Å²) >= 11 is 1.60. The highest BCUT2D eigenvalue weighted by Gasteiger charge is 2.35. The van der Waals surface area contributed by atoms with Crippen molar-refractivity contribution in [1.82, 2.24) is 9.88 Å². The zero-order valence-electron chi connectivity index (χ0n) is 15.4. The van der Waals surface area contributed by atoms with Gasteiger partial charge < -0.3 is 9.64 Å². The molecule has 0 aromatic carbocycles. The van der Waals surface area contributed by atoms with Crippen LogP contribution in [0.25, 0.3) is 0 Å². The van der Waals surface area contributed by atoms with Gasteiger partial charge in [-0.1, -0.05) is 6.07 Å². The van der Waals surface area contributed by atoms with Crippen LogP contribution in [-0.4, -0.2) is 48.7 Å². The Hall–Kier alpha value is -2.13. The summed E-state index contributed by atoms with van der Waals surface area (Å²) in [7, 11) is -3.28. The molecule has 0 spiro atoms. The van der Waals surface area contributed by atoms with Gasteiger partial charge in [0.2, 0.25) is 21.8 Å². The summed E-state index contributed by atoms with van der Waals surface area (Å²) in [6.45, 7) is 1.35. The van der Waals surface area contributed by atoms with Gasteiger partial charge in [0, 0.05) is 36.9 Å². The maximum atomic E-state index is 12.4. The summed E-state index contributed by atoms with van der Waals surface area (Å²) in [5.74, 6) is 0.629. The predicted molar refractivity (Wildman–Crippen MR) is 108 cm³/mol. The van der Waals surface area contributed by atoms with Gasteiger partial charge in [0.15, 0.2) is 0 Å². The van der Waals surface area contributed by atoms with Crippen LogP contribution < -0.4 is 9.46 Å². The van der Waals surface area contributed by atoms with Crippen molar-refractivity contribution in [2.45, 2.75) is 43.5 Å². The number of rotatable bonds is 7. The molecule has 1 saturated heterocycles. The minimum absolute atomic E-state index is 0.00675. The highest BCUT2D eigenvalue weighted by Crippen LogP contribution is 2.30. The standard InChI is InChI=1S/C19H23N3O4S2/c23-19(12-16-2-1-11-27-16)22-9-7-15(8-10-22)26-18-6-3-14(13-20-18)21-28(24,25)17-4-5-17/h1-3,6,11,13,15,17,21H,4-5,7-10,12H2. The molecule has 7 nitrogen and oxygen atoms in total. The second kappa shape index (κ2) is 8.08. The first-order chi connectivity index (χ1) is 13.5. The van der Waals surface area contributed by atoms with E-state index < -0.39 is 10.0 Å². The topological polar surface area (TPSA) is 88.6 Å². The third kappa shape index (κ3) is 4.82. The number of thiophene rings is 1. The number of amides is 1. The average molecular weight is 422 g/mol. The third-order valence-electron chi connectivity index (χ3n) is 4.95. The number of likely N-dealkylation sites (tertiary alicyclic amines) is 1. The number of anilines is 1. The molecule has 28 heavy (non-hydrogen) atoms. The van der Waals surface area contributed by atoms with Gasteiger partial charge in [-0.05, 0) is 30.4 Å². The molecule has 2 aromatic rings. The van der Waals surface area contributed by atoms with Gasteiger partial charge in [-0.25, -0.2) is 13.4 Å². The van der Waals surface area contributed by atoms with E-state index in [0.717, 1.165) is 30.6 Å². The smallest absolute Gasteiger partial charge is 0.235 e. The maximum absolute atomic E-state index is 12.4. The lowest BCUT2D eigenvalue weighted by Gasteiger charge is -2.32. The van der Waals surface area contributed by atoms with E-state index in [1.165, 1.54) is 6.20 Å². The van der Waals surface area contributed by atoms with Gasteiger partial charge in [-0.15, -0.1) is 11.3 Å². The fourth-order valence-corrected chi connectivity index (χ4v) is 5.27. The van der Waals surface area contributed by atoms with Crippen molar-refractivity contribution in [3.8, 4) is 5.88 Å². The molecule has 1 aliphatic carbocycles. The molecule has 2 fully saturated rings. The number of piperidine rings is 1. The maximum Gasteiger partial charge on any atom is 0.235 e. The van der Waals surface area contributed by atoms with Crippen molar-refractivity contribution in [3.05, 3.63) is 40.7 Å². The van der Waals surface area contributed by atoms with Crippen molar-refractivity contribution in [2.24, 2.45) is 0 Å². The molecule has 0 unspecified atom stereocenters. The quantitative estimate of drug-likeness (QED) is 0.743. The SMILES string of the molecule is O=C(Cc1cccs1)N1CCC(Oc2ccc(NS(=O)(=O)C3CC3)cn2)CC1. The zero-order valence-corrected chi connectivity index (χ0v) is 17.0. The number of ether oxygens (including phenoxy) is 1. The van der Waals surface area contributed by atoms with E-state index in [9.17, 15) is 13.2 Å². The van der Waals surface area contributed by atoms with Gasteiger partial charge in [0.05, 0.1) is 23.6 Å². The van der Waals surface area contributed by atoms with E-state index in [1.54, 1.807) is 23.5 Å². The average Bonchev–Trinajstić information content (AvgIpc) is 3.43. The lowest BCUT2D eigenvalue weighted by Crippen LogP contribution is -2.42. The third-order valence-corrected chi connectivity index (χ3v) is 7.69. The Labute approximate surface area is 168 Å². The number of aromatic nitrogens is 1. The number of hydrogen-bond donors (Lipinski definition) is 1. The minimum Gasteiger partial charge on any atom is -0.474 e. The van der Waals surface area contributed by atoms with Gasteiger partial charge in [-0.2, -0.15) is 0 Å². The second-order valence-electron chi connectivity index (χ2n) is 7.19. The Kier molecular flexibility index (Phi) is 5.54. The summed E-state index contributed by atoms with van der Waals surface area (Å²) in [6.07, 6.45) is 4.91. The van der Waals surface area contributed by atoms with Crippen molar-refractivity contribution >= 4 is 33.0 Å². The van der Waals surface area contributed by atoms with E-state index >= 15 is 0 Å². The number of nitrogens with one attached hydrogen (secondary N) is 1. The van der Waals surface area contributed by atoms with Crippen molar-refractivity contribution in [1.29, 1.82) is 0 Å². The summed E-state index contributed by atoms with van der Waals surface area (Å²) in [5.41, 5.74) is 0.452. The van der Waals surface area contributed by atoms with Crippen LogP contribution in [0.2, 0.25) is 0 Å². The van der Waals surface area contributed by atoms with Gasteiger partial charge in [0.1, 0.15) is 6.10 Å². The number of hydrogen-bond acceptors (Lipinski definition) is 6. The van der Waals surface area contributed by atoms with Gasteiger partial charge in [0.25, 0.3) is 0 Å². The lowest BCUT2D eigenvalue weighted by atomic mass is 10.1. The van der Waals surface area contributed by atoms with Crippen LogP contribution in [0.15, 0.2) is 35.8 Å². The van der Waals surface area contributed by atoms with E-state index in [2.05, 4.69) is 9.71 Å². The summed E-state index contributed by atoms with van der Waals surface area (Å²) in [5, 5.41) is 1.72. The van der Waals surface area contributed by atoms with E-state index in [1.807, 2.05) is 22.4 Å². The molecule has 3 heterocycles. The molecule has 4 rings (SSSR count). The van der Waals surface area contributed by atoms with Crippen LogP contribution in [0.4, 0.5) is 5.69 Å². The summed E-state index contributed by atoms with van der Waals surface area (Å²) in [6, 6.07) is 7.29. The van der Waals surface area contributed by atoms with Crippen LogP contribution in [-0.2, 0) is 21.2 Å². The summed E-state index contributed by atoms with van der Waals surface area (Å²) in [4.78, 5) is 19.5. The fourth-order valence-electron chi connectivity index (χ4n) is 3.20. The number of carbonyl (C=O) groups excluding carboxylic acids is 1. The highest BCUT2D eigenvalue weighted by atomic mass is 32.2. The first-order valence-corrected chi connectivity index (χ1v) is 11.9. The largest absolute Gasteiger partial charge is 0.474 e. The van der Waals surface area contributed by atoms with Crippen LogP contribution >= 0.6 is 11.3 Å². The molecule has 0 radical (unpaired) electrons. The van der Waals surface area contributed by atoms with Crippen LogP contribution in [0.5, 0.6) is 5.88 Å². The number of pyridine rings is 1. The predicted octanol–water partition coefficient (Wildman–Crippen LogP) is 2.66. The molecule has 150 valence electrons. The van der Waals surface area contributed by atoms with Crippen LogP contribution in [0.3, 0.4) is 0 Å². The van der Waals surface area contributed by atoms with Crippen molar-refractivity contribution in [3.63, 3.8) is 0 Å². The molecule has 1 amide bonds. The molecular formula is C19H23N3O4S2. The Morgan fingerprint density at radius 1 is 1.21 bits per heavy atom. The molecule has 2 aliphatic rings. The molecule has 0 atom stereocenters. The molecular weight excluding hydrogens is 398 g/mol. The molecule has 2 aromatic heterocycles. The van der Waals surface area contributed by atoms with Crippen molar-refractivity contribution in [2.75, 3.05) is 17.8 Å². The monoisotopic (exact) mass is 421 g/mol. The Bertz CT molecular complexity index is 901. The zero-order chi connectivity index (χ0) is 19.6. The summed E-state index contributed by atoms with van der Waals surface area (Å²) < 4.78 is 32.4. The minimum atomic E-state index is -3.28. The number of carbonyl (C=O) groups is 1. The van der Waals surface area contributed by atoms with E-state index in [0.29, 0.717) is 31.1 Å². The van der Waals surface area contributed by atoms with Gasteiger partial charge >= 0.3 is 0 Å². The van der Waals surface area contributed by atoms with Crippen molar-refractivity contribution < 1.29 is 17.9 Å². The lowest BCUT2D eigenvalue weighted by molar-refractivity contribution is -0.132. The number of nitrogens with zero attached hydrogens (tertiary/aromatic N) is 2. The molecule has 1 saturated carbocycles. The Balaban J connectivity index is 1.25. The first kappa shape index (κ1) is 19.2. The molecule has 0 bridgehead atoms. The highest BCUT2D eigenvalue weighted by molar-refractivity contribution is 7.93. The van der Waals surface area contributed by atoms with E-state index in [4.69, 9.17) is 4.74 Å².